The SMILES string of the molecule is Cc1cc(Br)cc(Nc2nc(C(F)(F)F)ccc2C#N)c1. The number of benzene rings is 1. The maximum absolute atomic E-state index is 12.7. The van der Waals surface area contributed by atoms with Crippen molar-refractivity contribution in [1.29, 1.82) is 5.26 Å². The summed E-state index contributed by atoms with van der Waals surface area (Å²) in [6.07, 6.45) is -4.56. The zero-order valence-corrected chi connectivity index (χ0v) is 12.4. The molecule has 0 amide bonds. The molecule has 108 valence electrons. The Balaban J connectivity index is 2.45. The summed E-state index contributed by atoms with van der Waals surface area (Å²) >= 11 is 3.30. The molecule has 2 rings (SSSR count). The second kappa shape index (κ2) is 5.74. The lowest BCUT2D eigenvalue weighted by Crippen LogP contribution is -2.10. The van der Waals surface area contributed by atoms with Gasteiger partial charge in [0, 0.05) is 10.2 Å². The highest BCUT2D eigenvalue weighted by Gasteiger charge is 2.33. The van der Waals surface area contributed by atoms with Crippen LogP contribution in [0.15, 0.2) is 34.8 Å². The van der Waals surface area contributed by atoms with Gasteiger partial charge in [-0.25, -0.2) is 4.98 Å². The molecule has 1 N–H and O–H groups in total. The molecule has 0 unspecified atom stereocenters. The van der Waals surface area contributed by atoms with Gasteiger partial charge in [0.15, 0.2) is 0 Å². The normalized spacial score (nSPS) is 11.0. The molecule has 2 aromatic rings. The fraction of sp³-hybridized carbons (Fsp3) is 0.143. The van der Waals surface area contributed by atoms with Crippen molar-refractivity contribution >= 4 is 27.4 Å². The standard InChI is InChI=1S/C14H9BrF3N3/c1-8-4-10(15)6-11(5-8)20-13-9(7-19)2-3-12(21-13)14(16,17)18/h2-6H,1H3,(H,20,21). The molecule has 7 heteroatoms. The fourth-order valence-corrected chi connectivity index (χ4v) is 2.36. The number of hydrogen-bond donors (Lipinski definition) is 1. The fourth-order valence-electron chi connectivity index (χ4n) is 1.75. The zero-order valence-electron chi connectivity index (χ0n) is 10.8. The van der Waals surface area contributed by atoms with Crippen LogP contribution in [0.3, 0.4) is 0 Å². The van der Waals surface area contributed by atoms with Crippen molar-refractivity contribution in [3.8, 4) is 6.07 Å². The molecule has 0 spiro atoms. The van der Waals surface area contributed by atoms with Gasteiger partial charge in [0.1, 0.15) is 17.6 Å². The molecule has 0 radical (unpaired) electrons. The van der Waals surface area contributed by atoms with E-state index in [2.05, 4.69) is 26.2 Å². The number of aromatic nitrogens is 1. The Labute approximate surface area is 127 Å². The van der Waals surface area contributed by atoms with Crippen LogP contribution in [0.5, 0.6) is 0 Å². The van der Waals surface area contributed by atoms with E-state index in [1.165, 1.54) is 0 Å². The van der Waals surface area contributed by atoms with Crippen LogP contribution >= 0.6 is 15.9 Å². The van der Waals surface area contributed by atoms with E-state index >= 15 is 0 Å². The van der Waals surface area contributed by atoms with E-state index in [1.54, 1.807) is 12.1 Å². The summed E-state index contributed by atoms with van der Waals surface area (Å²) in [6, 6.07) is 9.00. The van der Waals surface area contributed by atoms with E-state index < -0.39 is 11.9 Å². The van der Waals surface area contributed by atoms with Crippen LogP contribution in [0.2, 0.25) is 0 Å². The molecule has 0 saturated heterocycles. The minimum Gasteiger partial charge on any atom is -0.339 e. The predicted octanol–water partition coefficient (Wildman–Crippen LogP) is 4.79. The topological polar surface area (TPSA) is 48.7 Å². The lowest BCUT2D eigenvalue weighted by atomic mass is 10.2. The molecule has 0 fully saturated rings. The third-order valence-electron chi connectivity index (χ3n) is 2.61. The number of halogens is 4. The Bertz CT molecular complexity index is 700. The first-order valence-electron chi connectivity index (χ1n) is 5.82. The van der Waals surface area contributed by atoms with E-state index in [0.717, 1.165) is 22.2 Å². The molecular formula is C14H9BrF3N3. The Kier molecular flexibility index (Phi) is 4.19. The highest BCUT2D eigenvalue weighted by molar-refractivity contribution is 9.10. The maximum Gasteiger partial charge on any atom is 0.433 e. The van der Waals surface area contributed by atoms with E-state index in [4.69, 9.17) is 5.26 Å². The van der Waals surface area contributed by atoms with Crippen molar-refractivity contribution < 1.29 is 13.2 Å². The minimum absolute atomic E-state index is 0.0422. The number of nitrogens with zero attached hydrogens (tertiary/aromatic N) is 2. The van der Waals surface area contributed by atoms with Crippen LogP contribution < -0.4 is 5.32 Å². The van der Waals surface area contributed by atoms with Crippen LogP contribution in [0.1, 0.15) is 16.8 Å². The molecule has 1 aromatic carbocycles. The molecule has 0 atom stereocenters. The van der Waals surface area contributed by atoms with E-state index in [0.29, 0.717) is 5.69 Å². The molecule has 0 aliphatic rings. The number of nitrogens with one attached hydrogen (secondary N) is 1. The van der Waals surface area contributed by atoms with Crippen molar-refractivity contribution in [3.05, 3.63) is 51.6 Å². The lowest BCUT2D eigenvalue weighted by Gasteiger charge is -2.12. The number of aryl methyl sites for hydroxylation is 1. The Morgan fingerprint density at radius 2 is 1.95 bits per heavy atom. The van der Waals surface area contributed by atoms with Gasteiger partial charge in [-0.15, -0.1) is 0 Å². The Morgan fingerprint density at radius 1 is 1.24 bits per heavy atom. The average Bonchev–Trinajstić information content (AvgIpc) is 2.36. The highest BCUT2D eigenvalue weighted by atomic mass is 79.9. The average molecular weight is 356 g/mol. The van der Waals surface area contributed by atoms with E-state index in [1.807, 2.05) is 19.1 Å². The smallest absolute Gasteiger partial charge is 0.339 e. The van der Waals surface area contributed by atoms with Gasteiger partial charge in [0.25, 0.3) is 0 Å². The minimum atomic E-state index is -4.56. The van der Waals surface area contributed by atoms with Gasteiger partial charge in [-0.2, -0.15) is 18.4 Å². The van der Waals surface area contributed by atoms with Crippen LogP contribution in [-0.4, -0.2) is 4.98 Å². The summed E-state index contributed by atoms with van der Waals surface area (Å²) < 4.78 is 38.8. The number of alkyl halides is 3. The first-order chi connectivity index (χ1) is 9.79. The molecule has 21 heavy (non-hydrogen) atoms. The van der Waals surface area contributed by atoms with Crippen molar-refractivity contribution in [2.75, 3.05) is 5.32 Å². The molecule has 1 aromatic heterocycles. The summed E-state index contributed by atoms with van der Waals surface area (Å²) in [4.78, 5) is 3.50. The summed E-state index contributed by atoms with van der Waals surface area (Å²) in [7, 11) is 0. The molecular weight excluding hydrogens is 347 g/mol. The molecule has 0 saturated carbocycles. The first-order valence-corrected chi connectivity index (χ1v) is 6.61. The van der Waals surface area contributed by atoms with Gasteiger partial charge in [-0.1, -0.05) is 15.9 Å². The van der Waals surface area contributed by atoms with Gasteiger partial charge in [-0.05, 0) is 42.8 Å². The van der Waals surface area contributed by atoms with E-state index in [-0.39, 0.29) is 11.4 Å². The quantitative estimate of drug-likeness (QED) is 0.842. The summed E-state index contributed by atoms with van der Waals surface area (Å²) in [5.41, 5.74) is 0.457. The second-order valence-corrected chi connectivity index (χ2v) is 5.26. The summed E-state index contributed by atoms with van der Waals surface area (Å²) in [6.45, 7) is 1.85. The highest BCUT2D eigenvalue weighted by Crippen LogP contribution is 2.30. The molecule has 0 bridgehead atoms. The van der Waals surface area contributed by atoms with Crippen LogP contribution in [0, 0.1) is 18.3 Å². The molecule has 3 nitrogen and oxygen atoms in total. The van der Waals surface area contributed by atoms with Crippen LogP contribution in [-0.2, 0) is 6.18 Å². The molecule has 0 aliphatic heterocycles. The largest absolute Gasteiger partial charge is 0.433 e. The first kappa shape index (κ1) is 15.3. The van der Waals surface area contributed by atoms with Gasteiger partial charge in [0.2, 0.25) is 0 Å². The van der Waals surface area contributed by atoms with Crippen LogP contribution in [0.25, 0.3) is 0 Å². The van der Waals surface area contributed by atoms with Crippen molar-refractivity contribution in [3.63, 3.8) is 0 Å². The van der Waals surface area contributed by atoms with Gasteiger partial charge < -0.3 is 5.32 Å². The molecule has 0 aliphatic carbocycles. The Hall–Kier alpha value is -2.07. The van der Waals surface area contributed by atoms with Gasteiger partial charge in [-0.3, -0.25) is 0 Å². The molecule has 1 heterocycles. The number of pyridine rings is 1. The number of rotatable bonds is 2. The number of nitriles is 1. The summed E-state index contributed by atoms with van der Waals surface area (Å²) in [5, 5.41) is 11.7. The predicted molar refractivity (Wildman–Crippen MR) is 76.1 cm³/mol. The monoisotopic (exact) mass is 355 g/mol. The third-order valence-corrected chi connectivity index (χ3v) is 3.07. The zero-order chi connectivity index (χ0) is 15.6. The van der Waals surface area contributed by atoms with Gasteiger partial charge in [0.05, 0.1) is 5.56 Å². The second-order valence-electron chi connectivity index (χ2n) is 4.34. The van der Waals surface area contributed by atoms with Crippen molar-refractivity contribution in [2.45, 2.75) is 13.1 Å². The number of anilines is 2. The summed E-state index contributed by atoms with van der Waals surface area (Å²) in [5.74, 6) is -0.121. The van der Waals surface area contributed by atoms with Gasteiger partial charge >= 0.3 is 6.18 Å². The van der Waals surface area contributed by atoms with Crippen molar-refractivity contribution in [1.82, 2.24) is 4.98 Å². The number of hydrogen-bond acceptors (Lipinski definition) is 3. The third kappa shape index (κ3) is 3.73. The Morgan fingerprint density at radius 3 is 2.52 bits per heavy atom. The lowest BCUT2D eigenvalue weighted by molar-refractivity contribution is -0.141. The maximum atomic E-state index is 12.7. The van der Waals surface area contributed by atoms with Crippen molar-refractivity contribution in [2.24, 2.45) is 0 Å². The van der Waals surface area contributed by atoms with E-state index in [9.17, 15) is 13.2 Å². The van der Waals surface area contributed by atoms with Crippen LogP contribution in [0.4, 0.5) is 24.7 Å².